The molecule has 6 nitrogen and oxygen atoms in total. The van der Waals surface area contributed by atoms with Crippen molar-refractivity contribution in [1.82, 2.24) is 0 Å². The SMILES string of the molecule is COCc1cccc(NS(=O)(=O)c2csc(C(=O)O)c2)c1. The second kappa shape index (κ2) is 6.25. The highest BCUT2D eigenvalue weighted by molar-refractivity contribution is 7.92. The fourth-order valence-electron chi connectivity index (χ4n) is 1.68. The number of methoxy groups -OCH3 is 1. The zero-order valence-corrected chi connectivity index (χ0v) is 12.7. The molecule has 0 saturated heterocycles. The molecule has 0 atom stereocenters. The highest BCUT2D eigenvalue weighted by Crippen LogP contribution is 2.22. The number of benzene rings is 1. The van der Waals surface area contributed by atoms with Crippen molar-refractivity contribution < 1.29 is 23.1 Å². The average Bonchev–Trinajstić information content (AvgIpc) is 2.89. The van der Waals surface area contributed by atoms with Gasteiger partial charge in [-0.3, -0.25) is 4.72 Å². The quantitative estimate of drug-likeness (QED) is 0.850. The first-order valence-electron chi connectivity index (χ1n) is 5.85. The molecule has 0 bridgehead atoms. The topological polar surface area (TPSA) is 92.7 Å². The number of hydrogen-bond acceptors (Lipinski definition) is 5. The van der Waals surface area contributed by atoms with Crippen LogP contribution < -0.4 is 4.72 Å². The lowest BCUT2D eigenvalue weighted by Gasteiger charge is -2.08. The molecular weight excluding hydrogens is 314 g/mol. The maximum atomic E-state index is 12.2. The van der Waals surface area contributed by atoms with Gasteiger partial charge >= 0.3 is 5.97 Å². The van der Waals surface area contributed by atoms with Crippen molar-refractivity contribution in [3.63, 3.8) is 0 Å². The van der Waals surface area contributed by atoms with E-state index < -0.39 is 16.0 Å². The molecule has 2 N–H and O–H groups in total. The van der Waals surface area contributed by atoms with Gasteiger partial charge in [-0.1, -0.05) is 12.1 Å². The van der Waals surface area contributed by atoms with Crippen LogP contribution in [0, 0.1) is 0 Å². The summed E-state index contributed by atoms with van der Waals surface area (Å²) in [7, 11) is -2.25. The molecule has 1 heterocycles. The lowest BCUT2D eigenvalue weighted by molar-refractivity contribution is 0.0702. The van der Waals surface area contributed by atoms with E-state index in [1.54, 1.807) is 25.3 Å². The Morgan fingerprint density at radius 3 is 2.76 bits per heavy atom. The second-order valence-corrected chi connectivity index (χ2v) is 6.78. The van der Waals surface area contributed by atoms with Crippen LogP contribution in [0.1, 0.15) is 15.2 Å². The van der Waals surface area contributed by atoms with Crippen LogP contribution in [0.3, 0.4) is 0 Å². The van der Waals surface area contributed by atoms with E-state index in [9.17, 15) is 13.2 Å². The van der Waals surface area contributed by atoms with E-state index in [1.165, 1.54) is 5.38 Å². The van der Waals surface area contributed by atoms with Crippen molar-refractivity contribution >= 4 is 33.0 Å². The van der Waals surface area contributed by atoms with E-state index in [1.807, 2.05) is 6.07 Å². The summed E-state index contributed by atoms with van der Waals surface area (Å²) in [6, 6.07) is 7.93. The molecule has 21 heavy (non-hydrogen) atoms. The molecule has 0 unspecified atom stereocenters. The minimum absolute atomic E-state index is 0.0245. The van der Waals surface area contributed by atoms with Crippen LogP contribution in [-0.4, -0.2) is 26.6 Å². The van der Waals surface area contributed by atoms with Crippen LogP contribution in [0.5, 0.6) is 0 Å². The Morgan fingerprint density at radius 2 is 2.14 bits per heavy atom. The minimum atomic E-state index is -3.80. The summed E-state index contributed by atoms with van der Waals surface area (Å²) in [5, 5.41) is 10.1. The predicted octanol–water partition coefficient (Wildman–Crippen LogP) is 2.39. The Kier molecular flexibility index (Phi) is 4.61. The molecule has 0 radical (unpaired) electrons. The number of carboxylic acids is 1. The summed E-state index contributed by atoms with van der Waals surface area (Å²) >= 11 is 0.868. The highest BCUT2D eigenvalue weighted by Gasteiger charge is 2.18. The number of sulfonamides is 1. The molecule has 0 saturated carbocycles. The largest absolute Gasteiger partial charge is 0.477 e. The molecule has 8 heteroatoms. The zero-order chi connectivity index (χ0) is 15.5. The smallest absolute Gasteiger partial charge is 0.345 e. The standard InChI is InChI=1S/C13H13NO5S2/c1-19-7-9-3-2-4-10(5-9)14-21(17,18)11-6-12(13(15)16)20-8-11/h2-6,8,14H,7H2,1H3,(H,15,16). The van der Waals surface area contributed by atoms with Crippen LogP contribution in [0.4, 0.5) is 5.69 Å². The van der Waals surface area contributed by atoms with Gasteiger partial charge in [0.05, 0.1) is 11.5 Å². The summed E-state index contributed by atoms with van der Waals surface area (Å²) in [4.78, 5) is 10.7. The minimum Gasteiger partial charge on any atom is -0.477 e. The molecule has 1 aromatic heterocycles. The summed E-state index contributed by atoms with van der Waals surface area (Å²) in [6.45, 7) is 0.372. The van der Waals surface area contributed by atoms with Gasteiger partial charge in [0.15, 0.2) is 0 Å². The number of nitrogens with one attached hydrogen (secondary N) is 1. The summed E-state index contributed by atoms with van der Waals surface area (Å²) in [6.07, 6.45) is 0. The van der Waals surface area contributed by atoms with E-state index in [-0.39, 0.29) is 9.77 Å². The Morgan fingerprint density at radius 1 is 1.38 bits per heavy atom. The maximum Gasteiger partial charge on any atom is 0.345 e. The zero-order valence-electron chi connectivity index (χ0n) is 11.1. The third kappa shape index (κ3) is 3.81. The van der Waals surface area contributed by atoms with E-state index in [0.717, 1.165) is 23.0 Å². The number of aromatic carboxylic acids is 1. The molecular formula is C13H13NO5S2. The van der Waals surface area contributed by atoms with Crippen LogP contribution in [0.25, 0.3) is 0 Å². The molecule has 0 aliphatic carbocycles. The average molecular weight is 327 g/mol. The van der Waals surface area contributed by atoms with E-state index >= 15 is 0 Å². The molecule has 2 rings (SSSR count). The first-order valence-corrected chi connectivity index (χ1v) is 8.21. The van der Waals surface area contributed by atoms with Gasteiger partial charge in [-0.25, -0.2) is 13.2 Å². The van der Waals surface area contributed by atoms with Crippen molar-refractivity contribution in [3.8, 4) is 0 Å². The van der Waals surface area contributed by atoms with Crippen molar-refractivity contribution in [2.24, 2.45) is 0 Å². The molecule has 2 aromatic rings. The van der Waals surface area contributed by atoms with Crippen molar-refractivity contribution in [1.29, 1.82) is 0 Å². The Hall–Kier alpha value is -1.90. The van der Waals surface area contributed by atoms with Gasteiger partial charge in [-0.05, 0) is 23.8 Å². The number of thiophene rings is 1. The number of carbonyl (C=O) groups is 1. The second-order valence-electron chi connectivity index (χ2n) is 4.19. The third-order valence-corrected chi connectivity index (χ3v) is 5.01. The molecule has 0 amide bonds. The lowest BCUT2D eigenvalue weighted by atomic mass is 10.2. The number of ether oxygens (including phenoxy) is 1. The van der Waals surface area contributed by atoms with Gasteiger partial charge in [0.2, 0.25) is 0 Å². The van der Waals surface area contributed by atoms with Gasteiger partial charge in [0.25, 0.3) is 10.0 Å². The number of anilines is 1. The van der Waals surface area contributed by atoms with Crippen LogP contribution in [-0.2, 0) is 21.4 Å². The Bertz CT molecular complexity index is 751. The molecule has 0 aliphatic heterocycles. The third-order valence-electron chi connectivity index (χ3n) is 2.59. The fraction of sp³-hybridized carbons (Fsp3) is 0.154. The number of hydrogen-bond donors (Lipinski definition) is 2. The molecule has 1 aromatic carbocycles. The van der Waals surface area contributed by atoms with Gasteiger partial charge in [-0.15, -0.1) is 11.3 Å². The van der Waals surface area contributed by atoms with Gasteiger partial charge in [-0.2, -0.15) is 0 Å². The highest BCUT2D eigenvalue weighted by atomic mass is 32.2. The Balaban J connectivity index is 2.24. The van der Waals surface area contributed by atoms with E-state index in [0.29, 0.717) is 12.3 Å². The first kappa shape index (κ1) is 15.5. The summed E-state index contributed by atoms with van der Waals surface area (Å²) < 4.78 is 31.8. The fourth-order valence-corrected chi connectivity index (χ4v) is 3.84. The van der Waals surface area contributed by atoms with Crippen molar-refractivity contribution in [3.05, 3.63) is 46.2 Å². The summed E-state index contributed by atoms with van der Waals surface area (Å²) in [5.74, 6) is -1.15. The Labute approximate surface area is 126 Å². The van der Waals surface area contributed by atoms with Gasteiger partial charge < -0.3 is 9.84 Å². The molecule has 0 fully saturated rings. The maximum absolute atomic E-state index is 12.2. The molecule has 0 aliphatic rings. The van der Waals surface area contributed by atoms with Crippen molar-refractivity contribution in [2.75, 3.05) is 11.8 Å². The monoisotopic (exact) mass is 327 g/mol. The predicted molar refractivity (Wildman–Crippen MR) is 79.2 cm³/mol. The lowest BCUT2D eigenvalue weighted by Crippen LogP contribution is -2.12. The van der Waals surface area contributed by atoms with Crippen LogP contribution in [0.2, 0.25) is 0 Å². The number of carboxylic acid groups (broad SMARTS) is 1. The van der Waals surface area contributed by atoms with Gasteiger partial charge in [0, 0.05) is 18.2 Å². The summed E-state index contributed by atoms with van der Waals surface area (Å²) in [5.41, 5.74) is 1.22. The van der Waals surface area contributed by atoms with Crippen molar-refractivity contribution in [2.45, 2.75) is 11.5 Å². The number of rotatable bonds is 6. The van der Waals surface area contributed by atoms with E-state index in [4.69, 9.17) is 9.84 Å². The van der Waals surface area contributed by atoms with Crippen LogP contribution in [0.15, 0.2) is 40.6 Å². The van der Waals surface area contributed by atoms with Crippen LogP contribution >= 0.6 is 11.3 Å². The molecule has 0 spiro atoms. The van der Waals surface area contributed by atoms with E-state index in [2.05, 4.69) is 4.72 Å². The molecule has 112 valence electrons. The first-order chi connectivity index (χ1) is 9.92. The normalized spacial score (nSPS) is 11.3. The van der Waals surface area contributed by atoms with Gasteiger partial charge in [0.1, 0.15) is 4.88 Å².